The maximum absolute atomic E-state index is 14.3. The minimum absolute atomic E-state index is 0. The number of piperazine rings is 1. The van der Waals surface area contributed by atoms with Crippen molar-refractivity contribution in [3.8, 4) is 11.5 Å². The van der Waals surface area contributed by atoms with Crippen molar-refractivity contribution in [2.75, 3.05) is 26.2 Å². The molecular formula is C19H22Cl2F4N2O2. The fraction of sp³-hybridized carbons (Fsp3) is 0.368. The third-order valence-electron chi connectivity index (χ3n) is 4.58. The molecule has 29 heavy (non-hydrogen) atoms. The molecule has 1 fully saturated rings. The second kappa shape index (κ2) is 10.3. The van der Waals surface area contributed by atoms with Crippen LogP contribution in [0.1, 0.15) is 22.7 Å². The summed E-state index contributed by atoms with van der Waals surface area (Å²) in [4.78, 5) is 2.06. The fourth-order valence-corrected chi connectivity index (χ4v) is 3.28. The van der Waals surface area contributed by atoms with Crippen LogP contribution in [0.3, 0.4) is 0 Å². The van der Waals surface area contributed by atoms with E-state index in [4.69, 9.17) is 0 Å². The quantitative estimate of drug-likeness (QED) is 0.661. The van der Waals surface area contributed by atoms with Crippen LogP contribution in [0, 0.1) is 12.7 Å². The third kappa shape index (κ3) is 6.12. The van der Waals surface area contributed by atoms with E-state index < -0.39 is 24.0 Å². The molecule has 0 bridgehead atoms. The van der Waals surface area contributed by atoms with Crippen LogP contribution in [0.25, 0.3) is 0 Å². The van der Waals surface area contributed by atoms with E-state index in [0.29, 0.717) is 29.8 Å². The van der Waals surface area contributed by atoms with Gasteiger partial charge in [-0.1, -0.05) is 24.3 Å². The minimum Gasteiger partial charge on any atom is -0.505 e. The monoisotopic (exact) mass is 456 g/mol. The van der Waals surface area contributed by atoms with Crippen LogP contribution in [0.4, 0.5) is 17.6 Å². The topological polar surface area (TPSA) is 44.7 Å². The number of halogens is 6. The molecular weight excluding hydrogens is 435 g/mol. The molecule has 4 nitrogen and oxygen atoms in total. The summed E-state index contributed by atoms with van der Waals surface area (Å²) < 4.78 is 55.3. The Morgan fingerprint density at radius 1 is 1.03 bits per heavy atom. The minimum atomic E-state index is -4.77. The molecule has 10 heteroatoms. The van der Waals surface area contributed by atoms with Crippen LogP contribution >= 0.6 is 24.8 Å². The summed E-state index contributed by atoms with van der Waals surface area (Å²) in [7, 11) is 0. The van der Waals surface area contributed by atoms with Crippen molar-refractivity contribution in [1.29, 1.82) is 0 Å². The number of nitrogens with zero attached hydrogens (tertiary/aromatic N) is 1. The average Bonchev–Trinajstić information content (AvgIpc) is 2.63. The molecule has 1 atom stereocenters. The lowest BCUT2D eigenvalue weighted by Gasteiger charge is -2.36. The first-order valence-electron chi connectivity index (χ1n) is 8.54. The number of hydrogen-bond donors (Lipinski definition) is 2. The second-order valence-corrected chi connectivity index (χ2v) is 6.44. The Hall–Kier alpha value is -1.74. The molecule has 2 N–H and O–H groups in total. The Morgan fingerprint density at radius 2 is 1.62 bits per heavy atom. The molecule has 1 heterocycles. The number of aryl methyl sites for hydroxylation is 1. The van der Waals surface area contributed by atoms with Crippen LogP contribution in [-0.2, 0) is 0 Å². The predicted octanol–water partition coefficient (Wildman–Crippen LogP) is 4.58. The van der Waals surface area contributed by atoms with Gasteiger partial charge in [0, 0.05) is 31.7 Å². The number of phenols is 1. The van der Waals surface area contributed by atoms with Gasteiger partial charge in [0.05, 0.1) is 6.04 Å². The molecule has 3 rings (SSSR count). The summed E-state index contributed by atoms with van der Waals surface area (Å²) in [5, 5.41) is 13.6. The highest BCUT2D eigenvalue weighted by atomic mass is 35.5. The molecule has 0 spiro atoms. The SMILES string of the molecule is Cc1ccc([C@H](c2ccc(OC(F)(F)F)cc2)N2CCNCC2)c(O)c1F.Cl.Cl. The molecule has 1 saturated heterocycles. The molecule has 162 valence electrons. The van der Waals surface area contributed by atoms with Crippen molar-refractivity contribution in [2.24, 2.45) is 0 Å². The van der Waals surface area contributed by atoms with E-state index in [2.05, 4.69) is 15.0 Å². The molecule has 0 amide bonds. The number of alkyl halides is 3. The standard InChI is InChI=1S/C19H20F4N2O2.2ClH/c1-12-2-7-15(18(26)16(12)20)17(25-10-8-24-9-11-25)13-3-5-14(6-4-13)27-19(21,22)23;;/h2-7,17,24,26H,8-11H2,1H3;2*1H/t17-;;/m0../s1. The van der Waals surface area contributed by atoms with Gasteiger partial charge in [-0.25, -0.2) is 4.39 Å². The molecule has 2 aromatic carbocycles. The van der Waals surface area contributed by atoms with Crippen molar-refractivity contribution >= 4 is 24.8 Å². The average molecular weight is 457 g/mol. The van der Waals surface area contributed by atoms with E-state index in [0.717, 1.165) is 13.1 Å². The first-order valence-corrected chi connectivity index (χ1v) is 8.54. The Kier molecular flexibility index (Phi) is 9.02. The van der Waals surface area contributed by atoms with Crippen LogP contribution in [0.15, 0.2) is 36.4 Å². The smallest absolute Gasteiger partial charge is 0.505 e. The number of rotatable bonds is 4. The predicted molar refractivity (Wildman–Crippen MR) is 107 cm³/mol. The molecule has 2 aromatic rings. The Morgan fingerprint density at radius 3 is 2.17 bits per heavy atom. The number of benzene rings is 2. The van der Waals surface area contributed by atoms with Crippen molar-refractivity contribution < 1.29 is 27.4 Å². The van der Waals surface area contributed by atoms with E-state index in [-0.39, 0.29) is 30.6 Å². The number of hydrogen-bond acceptors (Lipinski definition) is 4. The number of nitrogens with one attached hydrogen (secondary N) is 1. The molecule has 0 radical (unpaired) electrons. The Balaban J connectivity index is 0.00000210. The van der Waals surface area contributed by atoms with Crippen LogP contribution in [0.5, 0.6) is 11.5 Å². The van der Waals surface area contributed by atoms with Gasteiger partial charge in [0.1, 0.15) is 5.75 Å². The lowest BCUT2D eigenvalue weighted by Crippen LogP contribution is -2.45. The van der Waals surface area contributed by atoms with E-state index in [9.17, 15) is 22.7 Å². The van der Waals surface area contributed by atoms with Crippen molar-refractivity contribution in [3.63, 3.8) is 0 Å². The lowest BCUT2D eigenvalue weighted by atomic mass is 9.94. The van der Waals surface area contributed by atoms with Gasteiger partial charge >= 0.3 is 6.36 Å². The summed E-state index contributed by atoms with van der Waals surface area (Å²) >= 11 is 0. The number of aromatic hydroxyl groups is 1. The molecule has 1 aliphatic heterocycles. The highest BCUT2D eigenvalue weighted by Crippen LogP contribution is 2.37. The molecule has 0 aliphatic carbocycles. The van der Waals surface area contributed by atoms with Crippen molar-refractivity contribution in [3.05, 3.63) is 58.9 Å². The zero-order valence-electron chi connectivity index (χ0n) is 15.5. The largest absolute Gasteiger partial charge is 0.573 e. The first kappa shape index (κ1) is 25.3. The highest BCUT2D eigenvalue weighted by molar-refractivity contribution is 5.85. The van der Waals surface area contributed by atoms with Gasteiger partial charge in [-0.05, 0) is 30.2 Å². The summed E-state index contributed by atoms with van der Waals surface area (Å²) in [5.74, 6) is -1.46. The van der Waals surface area contributed by atoms with Crippen LogP contribution in [0.2, 0.25) is 0 Å². The lowest BCUT2D eigenvalue weighted by molar-refractivity contribution is -0.274. The zero-order chi connectivity index (χ0) is 19.6. The van der Waals surface area contributed by atoms with Gasteiger partial charge in [0.25, 0.3) is 0 Å². The Bertz CT molecular complexity index is 798. The van der Waals surface area contributed by atoms with Gasteiger partial charge in [-0.15, -0.1) is 38.0 Å². The van der Waals surface area contributed by atoms with Gasteiger partial charge in [0.15, 0.2) is 11.6 Å². The summed E-state index contributed by atoms with van der Waals surface area (Å²) in [6.45, 7) is 4.31. The van der Waals surface area contributed by atoms with E-state index >= 15 is 0 Å². The number of phenolic OH excluding ortho intramolecular Hbond substituents is 1. The van der Waals surface area contributed by atoms with Gasteiger partial charge in [0.2, 0.25) is 0 Å². The third-order valence-corrected chi connectivity index (χ3v) is 4.58. The van der Waals surface area contributed by atoms with Gasteiger partial charge < -0.3 is 15.2 Å². The summed E-state index contributed by atoms with van der Waals surface area (Å²) in [6.07, 6.45) is -4.77. The van der Waals surface area contributed by atoms with E-state index in [1.54, 1.807) is 19.1 Å². The van der Waals surface area contributed by atoms with Crippen LogP contribution < -0.4 is 10.1 Å². The first-order chi connectivity index (χ1) is 12.8. The maximum atomic E-state index is 14.3. The molecule has 1 aliphatic rings. The summed E-state index contributed by atoms with van der Waals surface area (Å²) in [5.41, 5.74) is 1.35. The van der Waals surface area contributed by atoms with E-state index in [1.807, 2.05) is 0 Å². The molecule has 0 unspecified atom stereocenters. The van der Waals surface area contributed by atoms with Crippen LogP contribution in [-0.4, -0.2) is 42.5 Å². The van der Waals surface area contributed by atoms with Crippen molar-refractivity contribution in [2.45, 2.75) is 19.3 Å². The maximum Gasteiger partial charge on any atom is 0.573 e. The second-order valence-electron chi connectivity index (χ2n) is 6.44. The van der Waals surface area contributed by atoms with Crippen molar-refractivity contribution in [1.82, 2.24) is 10.2 Å². The zero-order valence-corrected chi connectivity index (χ0v) is 17.1. The normalized spacial score (nSPS) is 15.8. The van der Waals surface area contributed by atoms with E-state index in [1.165, 1.54) is 24.3 Å². The number of ether oxygens (including phenoxy) is 1. The molecule has 0 saturated carbocycles. The highest BCUT2D eigenvalue weighted by Gasteiger charge is 2.32. The summed E-state index contributed by atoms with van der Waals surface area (Å²) in [6, 6.07) is 8.21. The van der Waals surface area contributed by atoms with Gasteiger partial charge in [-0.2, -0.15) is 0 Å². The van der Waals surface area contributed by atoms with Gasteiger partial charge in [-0.3, -0.25) is 4.90 Å². The molecule has 0 aromatic heterocycles. The fourth-order valence-electron chi connectivity index (χ4n) is 3.28. The Labute approximate surface area is 178 Å².